The summed E-state index contributed by atoms with van der Waals surface area (Å²) in [6.07, 6.45) is 5.08. The predicted octanol–water partition coefficient (Wildman–Crippen LogP) is 1.62. The van der Waals surface area contributed by atoms with E-state index in [1.807, 2.05) is 20.8 Å². The summed E-state index contributed by atoms with van der Waals surface area (Å²) in [7, 11) is 0. The first-order valence-electron chi connectivity index (χ1n) is 12.6. The maximum absolute atomic E-state index is 13.3. The maximum atomic E-state index is 13.3. The third-order valence-corrected chi connectivity index (χ3v) is 6.20. The van der Waals surface area contributed by atoms with E-state index in [9.17, 15) is 28.4 Å². The summed E-state index contributed by atoms with van der Waals surface area (Å²) in [5, 5.41) is 10.6. The lowest BCUT2D eigenvalue weighted by Gasteiger charge is -2.28. The van der Waals surface area contributed by atoms with Gasteiger partial charge in [0.05, 0.1) is 6.04 Å². The molecule has 4 N–H and O–H groups in total. The average Bonchev–Trinajstić information content (AvgIpc) is 3.55. The van der Waals surface area contributed by atoms with Crippen LogP contribution in [0.3, 0.4) is 0 Å². The fourth-order valence-corrected chi connectivity index (χ4v) is 4.09. The van der Waals surface area contributed by atoms with E-state index in [0.717, 1.165) is 12.8 Å². The molecule has 0 radical (unpaired) electrons. The Morgan fingerprint density at radius 2 is 1.73 bits per heavy atom. The number of hydrogen-bond donors (Lipinski definition) is 4. The number of halogens is 1. The Labute approximate surface area is 216 Å². The third-order valence-electron chi connectivity index (χ3n) is 6.20. The number of carbonyl (C=O) groups is 5. The predicted molar refractivity (Wildman–Crippen MR) is 135 cm³/mol. The molecule has 1 aliphatic carbocycles. The standard InChI is InChI=1S/C27H35FN4O5/c1-27(2,3)15-21(31-22(33)11-6-16-4-7-18(28)8-5-16)25(36)32-20(14-17-12-13-29-24(17)35)23(34)26(37)30-19-9-10-19/h4-8,11,17,19-21H,9-10,12-15H2,1-3H3,(H,29,35)(H,30,37)(H,31,33)(H,32,36)/b11-6+/t17-,20?,21-/m0/s1. The second-order valence-corrected chi connectivity index (χ2v) is 10.9. The molecule has 1 saturated carbocycles. The highest BCUT2D eigenvalue weighted by Gasteiger charge is 2.37. The van der Waals surface area contributed by atoms with E-state index in [2.05, 4.69) is 21.3 Å². The number of benzene rings is 1. The van der Waals surface area contributed by atoms with Crippen LogP contribution in [0.2, 0.25) is 0 Å². The van der Waals surface area contributed by atoms with E-state index < -0.39 is 47.3 Å². The minimum Gasteiger partial charge on any atom is -0.356 e. The van der Waals surface area contributed by atoms with Crippen LogP contribution in [0.4, 0.5) is 4.39 Å². The van der Waals surface area contributed by atoms with Crippen molar-refractivity contribution in [3.8, 4) is 0 Å². The third kappa shape index (κ3) is 9.11. The molecule has 1 unspecified atom stereocenters. The molecular formula is C27H35FN4O5. The van der Waals surface area contributed by atoms with Crippen LogP contribution in [0.1, 0.15) is 58.4 Å². The molecule has 2 fully saturated rings. The van der Waals surface area contributed by atoms with Crippen molar-refractivity contribution in [3.63, 3.8) is 0 Å². The number of amides is 4. The van der Waals surface area contributed by atoms with E-state index in [1.54, 1.807) is 0 Å². The summed E-state index contributed by atoms with van der Waals surface area (Å²) in [6, 6.07) is 3.34. The largest absolute Gasteiger partial charge is 0.356 e. The molecule has 1 saturated heterocycles. The number of rotatable bonds is 11. The van der Waals surface area contributed by atoms with E-state index >= 15 is 0 Å². The zero-order valence-electron chi connectivity index (χ0n) is 21.4. The Hall–Kier alpha value is -3.56. The van der Waals surface area contributed by atoms with E-state index in [-0.39, 0.29) is 30.2 Å². The van der Waals surface area contributed by atoms with Gasteiger partial charge in [0, 0.05) is 24.6 Å². The van der Waals surface area contributed by atoms with E-state index in [0.29, 0.717) is 18.5 Å². The average molecular weight is 515 g/mol. The summed E-state index contributed by atoms with van der Waals surface area (Å²) < 4.78 is 13.1. The lowest BCUT2D eigenvalue weighted by atomic mass is 9.87. The highest BCUT2D eigenvalue weighted by atomic mass is 19.1. The lowest BCUT2D eigenvalue weighted by Crippen LogP contribution is -2.55. The second kappa shape index (κ2) is 12.1. The van der Waals surface area contributed by atoms with Gasteiger partial charge < -0.3 is 21.3 Å². The van der Waals surface area contributed by atoms with Gasteiger partial charge in [-0.2, -0.15) is 0 Å². The highest BCUT2D eigenvalue weighted by molar-refractivity contribution is 6.38. The highest BCUT2D eigenvalue weighted by Crippen LogP contribution is 2.23. The molecule has 200 valence electrons. The van der Waals surface area contributed by atoms with E-state index in [4.69, 9.17) is 0 Å². The van der Waals surface area contributed by atoms with Crippen molar-refractivity contribution >= 4 is 35.5 Å². The van der Waals surface area contributed by atoms with Gasteiger partial charge >= 0.3 is 0 Å². The molecule has 1 aromatic rings. The number of nitrogens with one attached hydrogen (secondary N) is 4. The number of carbonyl (C=O) groups excluding carboxylic acids is 5. The van der Waals surface area contributed by atoms with Gasteiger partial charge in [0.15, 0.2) is 0 Å². The molecule has 1 aliphatic heterocycles. The van der Waals surface area contributed by atoms with Crippen molar-refractivity contribution in [3.05, 3.63) is 41.7 Å². The minimum atomic E-state index is -1.20. The Morgan fingerprint density at radius 1 is 1.05 bits per heavy atom. The van der Waals surface area contributed by atoms with Crippen molar-refractivity contribution in [1.82, 2.24) is 21.3 Å². The van der Waals surface area contributed by atoms with Crippen molar-refractivity contribution < 1.29 is 28.4 Å². The van der Waals surface area contributed by atoms with E-state index in [1.165, 1.54) is 36.4 Å². The fraction of sp³-hybridized carbons (Fsp3) is 0.519. The van der Waals surface area contributed by atoms with Gasteiger partial charge in [-0.3, -0.25) is 24.0 Å². The van der Waals surface area contributed by atoms with Crippen LogP contribution in [0.15, 0.2) is 30.3 Å². The smallest absolute Gasteiger partial charge is 0.289 e. The minimum absolute atomic E-state index is 0.00481. The first-order chi connectivity index (χ1) is 17.4. The van der Waals surface area contributed by atoms with Crippen LogP contribution in [0, 0.1) is 17.2 Å². The summed E-state index contributed by atoms with van der Waals surface area (Å²) in [4.78, 5) is 63.5. The van der Waals surface area contributed by atoms with Gasteiger partial charge in [-0.25, -0.2) is 4.39 Å². The van der Waals surface area contributed by atoms with Gasteiger partial charge in [-0.05, 0) is 61.3 Å². The molecule has 1 aromatic carbocycles. The number of ketones is 1. The summed E-state index contributed by atoms with van der Waals surface area (Å²) in [6.45, 7) is 6.18. The monoisotopic (exact) mass is 514 g/mol. The molecular weight excluding hydrogens is 479 g/mol. The molecule has 9 nitrogen and oxygen atoms in total. The van der Waals surface area contributed by atoms with Crippen LogP contribution in [-0.2, 0) is 24.0 Å². The quantitative estimate of drug-likeness (QED) is 0.263. The molecule has 0 aromatic heterocycles. The van der Waals surface area contributed by atoms with Crippen molar-refractivity contribution in [2.75, 3.05) is 6.54 Å². The molecule has 1 heterocycles. The molecule has 2 aliphatic rings. The SMILES string of the molecule is CC(C)(C)C[C@H](NC(=O)/C=C/c1ccc(F)cc1)C(=O)NC(C[C@@H]1CCNC1=O)C(=O)C(=O)NC1CC1. The van der Waals surface area contributed by atoms with Gasteiger partial charge in [0.25, 0.3) is 5.91 Å². The Kier molecular flexibility index (Phi) is 9.18. The summed E-state index contributed by atoms with van der Waals surface area (Å²) >= 11 is 0. The van der Waals surface area contributed by atoms with Crippen LogP contribution >= 0.6 is 0 Å². The molecule has 3 atom stereocenters. The molecule has 0 spiro atoms. The van der Waals surface area contributed by atoms with Crippen molar-refractivity contribution in [2.24, 2.45) is 11.3 Å². The Morgan fingerprint density at radius 3 is 2.30 bits per heavy atom. The van der Waals surface area contributed by atoms with Crippen LogP contribution in [0.5, 0.6) is 0 Å². The molecule has 10 heteroatoms. The van der Waals surface area contributed by atoms with Gasteiger partial charge in [0.2, 0.25) is 23.5 Å². The van der Waals surface area contributed by atoms with Crippen LogP contribution in [0.25, 0.3) is 6.08 Å². The number of hydrogen-bond acceptors (Lipinski definition) is 5. The molecule has 0 bridgehead atoms. The maximum Gasteiger partial charge on any atom is 0.289 e. The summed E-state index contributed by atoms with van der Waals surface area (Å²) in [5.41, 5.74) is 0.250. The van der Waals surface area contributed by atoms with Crippen LogP contribution < -0.4 is 21.3 Å². The fourth-order valence-electron chi connectivity index (χ4n) is 4.09. The van der Waals surface area contributed by atoms with Crippen LogP contribution in [-0.4, -0.2) is 54.1 Å². The molecule has 4 amide bonds. The topological polar surface area (TPSA) is 133 Å². The lowest BCUT2D eigenvalue weighted by molar-refractivity contribution is -0.141. The van der Waals surface area contributed by atoms with Crippen molar-refractivity contribution in [1.29, 1.82) is 0 Å². The first-order valence-corrected chi connectivity index (χ1v) is 12.6. The zero-order valence-corrected chi connectivity index (χ0v) is 21.4. The van der Waals surface area contributed by atoms with Gasteiger partial charge in [-0.1, -0.05) is 32.9 Å². The molecule has 37 heavy (non-hydrogen) atoms. The number of Topliss-reactive ketones (excluding diaryl/α,β-unsaturated/α-hetero) is 1. The van der Waals surface area contributed by atoms with Gasteiger partial charge in [-0.15, -0.1) is 0 Å². The first kappa shape index (κ1) is 28.0. The Bertz CT molecular complexity index is 1060. The van der Waals surface area contributed by atoms with Gasteiger partial charge in [0.1, 0.15) is 11.9 Å². The second-order valence-electron chi connectivity index (χ2n) is 10.9. The summed E-state index contributed by atoms with van der Waals surface area (Å²) in [5.74, 6) is -3.87. The molecule has 3 rings (SSSR count). The Balaban J connectivity index is 1.72. The zero-order chi connectivity index (χ0) is 27.2. The van der Waals surface area contributed by atoms with Crippen molar-refractivity contribution in [2.45, 2.75) is 71.0 Å². The normalized spacial score (nSPS) is 19.1.